The molecule has 0 saturated heterocycles. The van der Waals surface area contributed by atoms with E-state index in [2.05, 4.69) is 36.3 Å². The van der Waals surface area contributed by atoms with E-state index in [0.29, 0.717) is 0 Å². The third-order valence-corrected chi connectivity index (χ3v) is 4.38. The van der Waals surface area contributed by atoms with E-state index in [1.807, 2.05) is 0 Å². The molecule has 0 unspecified atom stereocenters. The molecule has 102 valence electrons. The highest BCUT2D eigenvalue weighted by atomic mass is 14.8. The van der Waals surface area contributed by atoms with Crippen LogP contribution < -0.4 is 5.32 Å². The van der Waals surface area contributed by atoms with E-state index in [1.54, 1.807) is 11.1 Å². The lowest BCUT2D eigenvalue weighted by molar-refractivity contribution is 0.687. The second-order valence-corrected chi connectivity index (χ2v) is 5.71. The van der Waals surface area contributed by atoms with Crippen LogP contribution in [0.4, 0.5) is 0 Å². The molecule has 0 atom stereocenters. The van der Waals surface area contributed by atoms with Crippen molar-refractivity contribution in [3.05, 3.63) is 34.5 Å². The summed E-state index contributed by atoms with van der Waals surface area (Å²) in [4.78, 5) is 3.58. The molecule has 1 aliphatic carbocycles. The number of likely N-dealkylation sites (N-methyl/N-ethyl adjacent to an activating group) is 1. The molecule has 0 aliphatic heterocycles. The summed E-state index contributed by atoms with van der Waals surface area (Å²) in [6.45, 7) is 6.50. The van der Waals surface area contributed by atoms with E-state index in [1.165, 1.54) is 47.8 Å². The topological polar surface area (TPSA) is 27.8 Å². The Morgan fingerprint density at radius 1 is 1.16 bits per heavy atom. The number of aromatic nitrogens is 1. The number of nitrogens with one attached hydrogen (secondary N) is 2. The number of rotatable bonds is 4. The van der Waals surface area contributed by atoms with Gasteiger partial charge in [-0.3, -0.25) is 0 Å². The first-order valence-corrected chi connectivity index (χ1v) is 7.63. The summed E-state index contributed by atoms with van der Waals surface area (Å²) in [7, 11) is 0. The summed E-state index contributed by atoms with van der Waals surface area (Å²) < 4.78 is 0. The number of H-pyrrole nitrogens is 1. The number of benzene rings is 1. The monoisotopic (exact) mass is 256 g/mol. The van der Waals surface area contributed by atoms with Gasteiger partial charge >= 0.3 is 0 Å². The van der Waals surface area contributed by atoms with Gasteiger partial charge in [-0.25, -0.2) is 0 Å². The zero-order valence-corrected chi connectivity index (χ0v) is 12.1. The van der Waals surface area contributed by atoms with Crippen LogP contribution >= 0.6 is 0 Å². The van der Waals surface area contributed by atoms with Gasteiger partial charge in [0.15, 0.2) is 0 Å². The van der Waals surface area contributed by atoms with E-state index in [-0.39, 0.29) is 0 Å². The molecule has 1 aromatic heterocycles. The second kappa shape index (κ2) is 5.38. The lowest BCUT2D eigenvalue weighted by Crippen LogP contribution is -2.16. The Kier molecular flexibility index (Phi) is 3.61. The van der Waals surface area contributed by atoms with Crippen molar-refractivity contribution in [3.63, 3.8) is 0 Å². The lowest BCUT2D eigenvalue weighted by Gasteiger charge is -2.15. The minimum absolute atomic E-state index is 1.05. The predicted octanol–water partition coefficient (Wildman–Crippen LogP) is 3.51. The largest absolute Gasteiger partial charge is 0.358 e. The van der Waals surface area contributed by atoms with Crippen LogP contribution in [0.25, 0.3) is 10.9 Å². The molecule has 2 N–H and O–H groups in total. The molecule has 0 radical (unpaired) electrons. The first kappa shape index (κ1) is 12.7. The molecule has 3 rings (SSSR count). The number of fused-ring (bicyclic) bond motifs is 2. The number of hydrogen-bond donors (Lipinski definition) is 2. The average Bonchev–Trinajstić information content (AvgIpc) is 2.72. The van der Waals surface area contributed by atoms with Crippen LogP contribution in [0, 0.1) is 6.92 Å². The average molecular weight is 256 g/mol. The van der Waals surface area contributed by atoms with Crippen LogP contribution in [0.3, 0.4) is 0 Å². The summed E-state index contributed by atoms with van der Waals surface area (Å²) in [6, 6.07) is 4.85. The molecule has 0 amide bonds. The Morgan fingerprint density at radius 3 is 2.63 bits per heavy atom. The van der Waals surface area contributed by atoms with Gasteiger partial charge in [0.1, 0.15) is 0 Å². The summed E-state index contributed by atoms with van der Waals surface area (Å²) in [6.07, 6.45) is 6.36. The van der Waals surface area contributed by atoms with Crippen molar-refractivity contribution in [1.82, 2.24) is 10.3 Å². The first-order chi connectivity index (χ1) is 9.29. The fourth-order valence-electron chi connectivity index (χ4n) is 3.33. The van der Waals surface area contributed by atoms with Gasteiger partial charge in [-0.05, 0) is 80.9 Å². The quantitative estimate of drug-likeness (QED) is 0.805. The van der Waals surface area contributed by atoms with Gasteiger partial charge in [-0.1, -0.05) is 6.92 Å². The molecule has 2 aromatic rings. The van der Waals surface area contributed by atoms with Gasteiger partial charge in [0, 0.05) is 16.6 Å². The van der Waals surface area contributed by atoms with Gasteiger partial charge in [0.25, 0.3) is 0 Å². The molecule has 1 aliphatic rings. The Morgan fingerprint density at radius 2 is 1.89 bits per heavy atom. The smallest absolute Gasteiger partial charge is 0.0461 e. The fraction of sp³-hybridized carbons (Fsp3) is 0.529. The molecule has 1 aromatic carbocycles. The maximum absolute atomic E-state index is 3.58. The Hall–Kier alpha value is -1.28. The van der Waals surface area contributed by atoms with Gasteiger partial charge in [0.05, 0.1) is 0 Å². The minimum Gasteiger partial charge on any atom is -0.358 e. The zero-order valence-electron chi connectivity index (χ0n) is 12.1. The van der Waals surface area contributed by atoms with Crippen LogP contribution in [0.2, 0.25) is 0 Å². The number of aromatic amines is 1. The van der Waals surface area contributed by atoms with Gasteiger partial charge in [-0.15, -0.1) is 0 Å². The van der Waals surface area contributed by atoms with Crippen LogP contribution in [-0.4, -0.2) is 18.1 Å². The maximum atomic E-state index is 3.58. The van der Waals surface area contributed by atoms with E-state index in [0.717, 1.165) is 19.5 Å². The number of aryl methyl sites for hydroxylation is 3. The molecule has 19 heavy (non-hydrogen) atoms. The van der Waals surface area contributed by atoms with Crippen molar-refractivity contribution in [3.8, 4) is 0 Å². The van der Waals surface area contributed by atoms with E-state index < -0.39 is 0 Å². The van der Waals surface area contributed by atoms with Crippen LogP contribution in [0.15, 0.2) is 12.1 Å². The van der Waals surface area contributed by atoms with Crippen molar-refractivity contribution in [2.24, 2.45) is 0 Å². The minimum atomic E-state index is 1.05. The zero-order chi connectivity index (χ0) is 13.2. The molecule has 0 saturated carbocycles. The molecule has 0 fully saturated rings. The number of hydrogen-bond acceptors (Lipinski definition) is 1. The van der Waals surface area contributed by atoms with Crippen molar-refractivity contribution < 1.29 is 0 Å². The van der Waals surface area contributed by atoms with Crippen LogP contribution in [-0.2, 0) is 19.3 Å². The first-order valence-electron chi connectivity index (χ1n) is 7.63. The van der Waals surface area contributed by atoms with E-state index in [9.17, 15) is 0 Å². The molecule has 2 nitrogen and oxygen atoms in total. The highest BCUT2D eigenvalue weighted by molar-refractivity contribution is 5.86. The summed E-state index contributed by atoms with van der Waals surface area (Å²) in [5, 5.41) is 4.88. The highest BCUT2D eigenvalue weighted by Gasteiger charge is 2.14. The van der Waals surface area contributed by atoms with E-state index in [4.69, 9.17) is 0 Å². The Balaban J connectivity index is 1.99. The molecule has 0 bridgehead atoms. The van der Waals surface area contributed by atoms with Crippen molar-refractivity contribution in [1.29, 1.82) is 0 Å². The van der Waals surface area contributed by atoms with Gasteiger partial charge in [0.2, 0.25) is 0 Å². The van der Waals surface area contributed by atoms with Crippen molar-refractivity contribution in [2.75, 3.05) is 13.1 Å². The van der Waals surface area contributed by atoms with Crippen molar-refractivity contribution in [2.45, 2.75) is 46.0 Å². The molecule has 2 heteroatoms. The van der Waals surface area contributed by atoms with Crippen LogP contribution in [0.1, 0.15) is 42.1 Å². The predicted molar refractivity (Wildman–Crippen MR) is 81.9 cm³/mol. The third kappa shape index (κ3) is 2.42. The summed E-state index contributed by atoms with van der Waals surface area (Å²) in [5.74, 6) is 0. The Bertz CT molecular complexity index is 580. The van der Waals surface area contributed by atoms with Crippen LogP contribution in [0.5, 0.6) is 0 Å². The lowest BCUT2D eigenvalue weighted by atomic mass is 9.90. The maximum Gasteiger partial charge on any atom is 0.0461 e. The third-order valence-electron chi connectivity index (χ3n) is 4.38. The second-order valence-electron chi connectivity index (χ2n) is 5.71. The van der Waals surface area contributed by atoms with Gasteiger partial charge < -0.3 is 10.3 Å². The summed E-state index contributed by atoms with van der Waals surface area (Å²) >= 11 is 0. The SMILES string of the molecule is CCNCCc1c(C)[nH]c2cc3c(cc12)CCCC3. The van der Waals surface area contributed by atoms with Crippen molar-refractivity contribution >= 4 is 10.9 Å². The Labute approximate surface area is 115 Å². The summed E-state index contributed by atoms with van der Waals surface area (Å²) in [5.41, 5.74) is 7.34. The molecular formula is C17H24N2. The standard InChI is InChI=1S/C17H24N2/c1-3-18-9-8-15-12(2)19-17-11-14-7-5-4-6-13(14)10-16(15)17/h10-11,18-19H,3-9H2,1-2H3. The highest BCUT2D eigenvalue weighted by Crippen LogP contribution is 2.30. The van der Waals surface area contributed by atoms with Gasteiger partial charge in [-0.2, -0.15) is 0 Å². The van der Waals surface area contributed by atoms with E-state index >= 15 is 0 Å². The normalized spacial score (nSPS) is 14.8. The molecule has 1 heterocycles. The molecule has 0 spiro atoms. The molecular weight excluding hydrogens is 232 g/mol. The fourth-order valence-corrected chi connectivity index (χ4v) is 3.33.